The Labute approximate surface area is 155 Å². The minimum atomic E-state index is -0.375. The lowest BCUT2D eigenvalue weighted by molar-refractivity contribution is -0.662. The molecule has 0 amide bonds. The molecule has 0 aliphatic carbocycles. The minimum absolute atomic E-state index is 0.375. The van der Waals surface area contributed by atoms with E-state index in [1.165, 1.54) is 27.9 Å². The van der Waals surface area contributed by atoms with Crippen LogP contribution in [0.5, 0.6) is 0 Å². The number of hydrogen-bond acceptors (Lipinski definition) is 2. The van der Waals surface area contributed by atoms with E-state index in [-0.39, 0.29) is 5.41 Å². The number of nitriles is 1. The van der Waals surface area contributed by atoms with Crippen LogP contribution < -0.4 is 4.57 Å². The Kier molecular flexibility index (Phi) is 4.54. The molecule has 0 atom stereocenters. The first kappa shape index (κ1) is 18.1. The van der Waals surface area contributed by atoms with Crippen LogP contribution in [-0.4, -0.2) is 4.98 Å². The highest BCUT2D eigenvalue weighted by molar-refractivity contribution is 5.92. The molecule has 2 aromatic carbocycles. The standard InChI is InChI=1S/C23H26N3/c1-15-9-16(2)17(3)20(10-15)22-19-8-7-18(12-23(4,5)13-24)11-21(19)25-14-26(22)6/h7-11,14H,12H2,1-6H3/q+1. The number of nitrogens with zero attached hydrogens (tertiary/aromatic N) is 3. The van der Waals surface area contributed by atoms with Crippen LogP contribution in [0.3, 0.4) is 0 Å². The van der Waals surface area contributed by atoms with Crippen LogP contribution in [-0.2, 0) is 13.5 Å². The number of hydrogen-bond donors (Lipinski definition) is 0. The monoisotopic (exact) mass is 344 g/mol. The van der Waals surface area contributed by atoms with Gasteiger partial charge in [-0.3, -0.25) is 0 Å². The van der Waals surface area contributed by atoms with Crippen molar-refractivity contribution in [2.45, 2.75) is 41.0 Å². The molecule has 3 heteroatoms. The molecule has 0 N–H and O–H groups in total. The van der Waals surface area contributed by atoms with Gasteiger partial charge in [-0.2, -0.15) is 5.26 Å². The van der Waals surface area contributed by atoms with Gasteiger partial charge in [0.1, 0.15) is 5.69 Å². The van der Waals surface area contributed by atoms with Gasteiger partial charge in [-0.05, 0) is 80.9 Å². The van der Waals surface area contributed by atoms with Crippen molar-refractivity contribution in [1.29, 1.82) is 5.26 Å². The third-order valence-electron chi connectivity index (χ3n) is 5.06. The molecule has 0 fully saturated rings. The molecule has 0 saturated heterocycles. The molecular weight excluding hydrogens is 318 g/mol. The van der Waals surface area contributed by atoms with Crippen LogP contribution in [0.4, 0.5) is 0 Å². The van der Waals surface area contributed by atoms with Crippen LogP contribution in [0.25, 0.3) is 22.2 Å². The van der Waals surface area contributed by atoms with E-state index < -0.39 is 0 Å². The van der Waals surface area contributed by atoms with Gasteiger partial charge in [0.15, 0.2) is 5.52 Å². The molecule has 0 aliphatic heterocycles. The van der Waals surface area contributed by atoms with Gasteiger partial charge in [0.2, 0.25) is 0 Å². The topological polar surface area (TPSA) is 40.6 Å². The predicted octanol–water partition coefficient (Wildman–Crippen LogP) is 4.74. The maximum absolute atomic E-state index is 9.31. The highest BCUT2D eigenvalue weighted by atomic mass is 15.0. The summed E-state index contributed by atoms with van der Waals surface area (Å²) in [5, 5.41) is 10.5. The maximum atomic E-state index is 9.31. The fraction of sp³-hybridized carbons (Fsp3) is 0.348. The van der Waals surface area contributed by atoms with Crippen LogP contribution in [0.1, 0.15) is 36.1 Å². The lowest BCUT2D eigenvalue weighted by Crippen LogP contribution is -2.32. The van der Waals surface area contributed by atoms with E-state index in [9.17, 15) is 5.26 Å². The van der Waals surface area contributed by atoms with Gasteiger partial charge in [-0.1, -0.05) is 17.7 Å². The second kappa shape index (κ2) is 6.53. The van der Waals surface area contributed by atoms with E-state index in [0.29, 0.717) is 0 Å². The first-order chi connectivity index (χ1) is 12.2. The highest BCUT2D eigenvalue weighted by Gasteiger charge is 2.21. The summed E-state index contributed by atoms with van der Waals surface area (Å²) in [6, 6.07) is 13.3. The molecule has 0 spiro atoms. The number of benzene rings is 2. The average Bonchev–Trinajstić information content (AvgIpc) is 2.58. The van der Waals surface area contributed by atoms with Crippen molar-refractivity contribution >= 4 is 10.9 Å². The number of aryl methyl sites for hydroxylation is 3. The van der Waals surface area contributed by atoms with Gasteiger partial charge >= 0.3 is 0 Å². The van der Waals surface area contributed by atoms with E-state index in [4.69, 9.17) is 0 Å². The first-order valence-corrected chi connectivity index (χ1v) is 8.98. The molecule has 0 radical (unpaired) electrons. The van der Waals surface area contributed by atoms with Gasteiger partial charge in [0.25, 0.3) is 6.33 Å². The first-order valence-electron chi connectivity index (χ1n) is 8.98. The molecule has 26 heavy (non-hydrogen) atoms. The van der Waals surface area contributed by atoms with Gasteiger partial charge in [-0.25, -0.2) is 4.57 Å². The molecule has 1 aromatic heterocycles. The van der Waals surface area contributed by atoms with Crippen molar-refractivity contribution in [3.05, 3.63) is 58.9 Å². The van der Waals surface area contributed by atoms with Crippen molar-refractivity contribution < 1.29 is 4.57 Å². The Hall–Kier alpha value is -2.73. The van der Waals surface area contributed by atoms with Gasteiger partial charge in [0.05, 0.1) is 23.9 Å². The van der Waals surface area contributed by atoms with Crippen molar-refractivity contribution in [2.24, 2.45) is 12.5 Å². The van der Waals surface area contributed by atoms with Crippen molar-refractivity contribution in [3.63, 3.8) is 0 Å². The van der Waals surface area contributed by atoms with E-state index >= 15 is 0 Å². The molecular formula is C23H26N3+. The lowest BCUT2D eigenvalue weighted by Gasteiger charge is -2.15. The van der Waals surface area contributed by atoms with Gasteiger partial charge in [-0.15, -0.1) is 0 Å². The summed E-state index contributed by atoms with van der Waals surface area (Å²) >= 11 is 0. The van der Waals surface area contributed by atoms with Crippen LogP contribution in [0.15, 0.2) is 36.7 Å². The second-order valence-electron chi connectivity index (χ2n) is 7.98. The number of aromatic nitrogens is 2. The zero-order valence-corrected chi connectivity index (χ0v) is 16.5. The summed E-state index contributed by atoms with van der Waals surface area (Å²) in [4.78, 5) is 4.64. The molecule has 3 nitrogen and oxygen atoms in total. The maximum Gasteiger partial charge on any atom is 0.287 e. The largest absolute Gasteiger partial charge is 0.287 e. The summed E-state index contributed by atoms with van der Waals surface area (Å²) in [6.45, 7) is 10.4. The molecule has 3 rings (SSSR count). The summed E-state index contributed by atoms with van der Waals surface area (Å²) in [5.41, 5.74) is 8.05. The Balaban J connectivity index is 2.22. The molecule has 0 unspecified atom stereocenters. The van der Waals surface area contributed by atoms with E-state index in [2.05, 4.69) is 66.7 Å². The summed E-state index contributed by atoms with van der Waals surface area (Å²) in [6.07, 6.45) is 2.61. The normalized spacial score (nSPS) is 11.6. The Bertz CT molecular complexity index is 1040. The molecule has 0 bridgehead atoms. The third kappa shape index (κ3) is 3.32. The molecule has 1 heterocycles. The summed E-state index contributed by atoms with van der Waals surface area (Å²) in [7, 11) is 2.05. The SMILES string of the molecule is Cc1cc(C)c(C)c(-c2c3ccc(CC(C)(C)C#N)cc3nc[n+]2C)c1. The minimum Gasteiger partial charge on any atom is -0.232 e. The smallest absolute Gasteiger partial charge is 0.232 e. The third-order valence-corrected chi connectivity index (χ3v) is 5.06. The molecule has 3 aromatic rings. The number of rotatable bonds is 3. The van der Waals surface area contributed by atoms with Crippen LogP contribution >= 0.6 is 0 Å². The average molecular weight is 344 g/mol. The molecule has 0 saturated carbocycles. The Morgan fingerprint density at radius 2 is 1.85 bits per heavy atom. The fourth-order valence-electron chi connectivity index (χ4n) is 3.56. The zero-order chi connectivity index (χ0) is 19.1. The summed E-state index contributed by atoms with van der Waals surface area (Å²) in [5.74, 6) is 0. The Morgan fingerprint density at radius 1 is 1.12 bits per heavy atom. The predicted molar refractivity (Wildman–Crippen MR) is 106 cm³/mol. The highest BCUT2D eigenvalue weighted by Crippen LogP contribution is 2.31. The number of fused-ring (bicyclic) bond motifs is 1. The van der Waals surface area contributed by atoms with Gasteiger partial charge in [0, 0.05) is 5.56 Å². The second-order valence-corrected chi connectivity index (χ2v) is 7.98. The molecule has 0 aliphatic rings. The van der Waals surface area contributed by atoms with Crippen molar-refractivity contribution in [3.8, 4) is 17.3 Å². The Morgan fingerprint density at radius 3 is 2.54 bits per heavy atom. The van der Waals surface area contributed by atoms with Crippen molar-refractivity contribution in [2.75, 3.05) is 0 Å². The van der Waals surface area contributed by atoms with E-state index in [1.807, 2.05) is 27.2 Å². The quantitative estimate of drug-likeness (QED) is 0.644. The van der Waals surface area contributed by atoms with E-state index in [1.54, 1.807) is 0 Å². The summed E-state index contributed by atoms with van der Waals surface area (Å²) < 4.78 is 2.10. The van der Waals surface area contributed by atoms with Crippen LogP contribution in [0.2, 0.25) is 0 Å². The lowest BCUT2D eigenvalue weighted by atomic mass is 9.87. The zero-order valence-electron chi connectivity index (χ0n) is 16.5. The van der Waals surface area contributed by atoms with Crippen LogP contribution in [0, 0.1) is 37.5 Å². The molecule has 132 valence electrons. The fourth-order valence-corrected chi connectivity index (χ4v) is 3.56. The van der Waals surface area contributed by atoms with Gasteiger partial charge < -0.3 is 0 Å². The van der Waals surface area contributed by atoms with E-state index in [0.717, 1.165) is 22.9 Å². The van der Waals surface area contributed by atoms with Crippen molar-refractivity contribution in [1.82, 2.24) is 4.98 Å².